The van der Waals surface area contributed by atoms with Gasteiger partial charge in [0, 0.05) is 11.0 Å². The Bertz CT molecular complexity index is 649. The Hall–Kier alpha value is -1.36. The van der Waals surface area contributed by atoms with Crippen LogP contribution in [0.3, 0.4) is 0 Å². The van der Waals surface area contributed by atoms with E-state index in [0.717, 1.165) is 10.4 Å². The number of rotatable bonds is 6. The van der Waals surface area contributed by atoms with Crippen LogP contribution >= 0.6 is 15.9 Å². The van der Waals surface area contributed by atoms with Crippen LogP contribution in [0.25, 0.3) is 0 Å². The quantitative estimate of drug-likeness (QED) is 0.789. The highest BCUT2D eigenvalue weighted by molar-refractivity contribution is 9.10. The highest BCUT2D eigenvalue weighted by Crippen LogP contribution is 2.26. The SMILES string of the molecule is C#CCN(CCC)S(=O)(=O)c1cc(C(=O)O)ccc1Br. The first-order chi connectivity index (χ1) is 9.34. The van der Waals surface area contributed by atoms with Gasteiger partial charge in [0.05, 0.1) is 17.0 Å². The summed E-state index contributed by atoms with van der Waals surface area (Å²) in [5.41, 5.74) is -0.0936. The number of carboxylic acid groups (broad SMARTS) is 1. The Kier molecular flexibility index (Phi) is 5.74. The van der Waals surface area contributed by atoms with Crippen molar-refractivity contribution in [3.8, 4) is 12.3 Å². The average molecular weight is 360 g/mol. The Morgan fingerprint density at radius 3 is 2.65 bits per heavy atom. The molecule has 0 fully saturated rings. The summed E-state index contributed by atoms with van der Waals surface area (Å²) in [6.07, 6.45) is 5.80. The predicted molar refractivity (Wildman–Crippen MR) is 79.0 cm³/mol. The van der Waals surface area contributed by atoms with E-state index in [9.17, 15) is 13.2 Å². The van der Waals surface area contributed by atoms with E-state index in [2.05, 4.69) is 21.9 Å². The summed E-state index contributed by atoms with van der Waals surface area (Å²) >= 11 is 3.14. The fourth-order valence-electron chi connectivity index (χ4n) is 1.61. The number of terminal acetylenes is 1. The van der Waals surface area contributed by atoms with Crippen molar-refractivity contribution in [2.24, 2.45) is 0 Å². The molecule has 0 atom stereocenters. The summed E-state index contributed by atoms with van der Waals surface area (Å²) in [4.78, 5) is 10.9. The molecule has 20 heavy (non-hydrogen) atoms. The van der Waals surface area contributed by atoms with Crippen molar-refractivity contribution in [2.45, 2.75) is 18.2 Å². The Balaban J connectivity index is 3.36. The van der Waals surface area contributed by atoms with E-state index in [0.29, 0.717) is 10.9 Å². The minimum absolute atomic E-state index is 0.0556. The highest BCUT2D eigenvalue weighted by atomic mass is 79.9. The van der Waals surface area contributed by atoms with Gasteiger partial charge in [-0.3, -0.25) is 0 Å². The summed E-state index contributed by atoms with van der Waals surface area (Å²) in [5, 5.41) is 8.96. The molecule has 0 saturated heterocycles. The fourth-order valence-corrected chi connectivity index (χ4v) is 4.00. The second-order valence-corrected chi connectivity index (χ2v) is 6.75. The van der Waals surface area contributed by atoms with Crippen molar-refractivity contribution in [3.63, 3.8) is 0 Å². The maximum Gasteiger partial charge on any atom is 0.335 e. The summed E-state index contributed by atoms with van der Waals surface area (Å²) in [7, 11) is -3.83. The van der Waals surface area contributed by atoms with Crippen LogP contribution in [0.5, 0.6) is 0 Å². The van der Waals surface area contributed by atoms with Gasteiger partial charge in [-0.1, -0.05) is 12.8 Å². The molecule has 0 aliphatic heterocycles. The number of aromatic carboxylic acids is 1. The van der Waals surface area contributed by atoms with E-state index in [4.69, 9.17) is 11.5 Å². The number of halogens is 1. The number of sulfonamides is 1. The van der Waals surface area contributed by atoms with Gasteiger partial charge in [0.25, 0.3) is 0 Å². The summed E-state index contributed by atoms with van der Waals surface area (Å²) in [5.74, 6) is 1.11. The summed E-state index contributed by atoms with van der Waals surface area (Å²) in [6, 6.07) is 3.86. The smallest absolute Gasteiger partial charge is 0.335 e. The maximum absolute atomic E-state index is 12.5. The minimum atomic E-state index is -3.83. The number of benzene rings is 1. The molecule has 0 bridgehead atoms. The van der Waals surface area contributed by atoms with Crippen molar-refractivity contribution < 1.29 is 18.3 Å². The molecule has 0 aliphatic carbocycles. The molecule has 0 heterocycles. The second-order valence-electron chi connectivity index (χ2n) is 3.99. The molecule has 0 unspecified atom stereocenters. The van der Waals surface area contributed by atoms with Crippen LogP contribution in [0.15, 0.2) is 27.6 Å². The van der Waals surface area contributed by atoms with Crippen LogP contribution in [0.4, 0.5) is 0 Å². The zero-order chi connectivity index (χ0) is 15.3. The van der Waals surface area contributed by atoms with E-state index in [1.807, 2.05) is 6.92 Å². The summed E-state index contributed by atoms with van der Waals surface area (Å²) < 4.78 is 26.5. The van der Waals surface area contributed by atoms with Gasteiger partial charge in [-0.25, -0.2) is 13.2 Å². The number of hydrogen-bond donors (Lipinski definition) is 1. The van der Waals surface area contributed by atoms with E-state index in [1.165, 1.54) is 12.1 Å². The van der Waals surface area contributed by atoms with Gasteiger partial charge in [-0.15, -0.1) is 6.42 Å². The van der Waals surface area contributed by atoms with Gasteiger partial charge in [0.2, 0.25) is 10.0 Å². The van der Waals surface area contributed by atoms with Crippen LogP contribution in [0, 0.1) is 12.3 Å². The summed E-state index contributed by atoms with van der Waals surface area (Å²) in [6.45, 7) is 2.05. The van der Waals surface area contributed by atoms with Gasteiger partial charge in [0.15, 0.2) is 0 Å². The van der Waals surface area contributed by atoms with Crippen molar-refractivity contribution in [1.82, 2.24) is 4.31 Å². The van der Waals surface area contributed by atoms with Crippen molar-refractivity contribution in [2.75, 3.05) is 13.1 Å². The lowest BCUT2D eigenvalue weighted by molar-refractivity contribution is 0.0696. The Morgan fingerprint density at radius 1 is 1.50 bits per heavy atom. The largest absolute Gasteiger partial charge is 0.478 e. The Labute approximate surface area is 126 Å². The molecule has 0 saturated carbocycles. The molecule has 1 aromatic rings. The first-order valence-electron chi connectivity index (χ1n) is 5.81. The number of hydrogen-bond acceptors (Lipinski definition) is 3. The van der Waals surface area contributed by atoms with Gasteiger partial charge in [0.1, 0.15) is 0 Å². The molecule has 0 spiro atoms. The van der Waals surface area contributed by atoms with E-state index >= 15 is 0 Å². The Morgan fingerprint density at radius 2 is 2.15 bits per heavy atom. The molecular weight excluding hydrogens is 346 g/mol. The van der Waals surface area contributed by atoms with Crippen molar-refractivity contribution in [3.05, 3.63) is 28.2 Å². The van der Waals surface area contributed by atoms with E-state index < -0.39 is 16.0 Å². The van der Waals surface area contributed by atoms with Crippen LogP contribution < -0.4 is 0 Å². The zero-order valence-electron chi connectivity index (χ0n) is 10.8. The molecular formula is C13H14BrNO4S. The molecule has 7 heteroatoms. The number of carboxylic acids is 1. The molecule has 0 aromatic heterocycles. The molecule has 1 N–H and O–H groups in total. The molecule has 0 amide bonds. The minimum Gasteiger partial charge on any atom is -0.478 e. The maximum atomic E-state index is 12.5. The van der Waals surface area contributed by atoms with Crippen LogP contribution in [0.2, 0.25) is 0 Å². The normalized spacial score (nSPS) is 11.3. The van der Waals surface area contributed by atoms with Crippen LogP contribution in [-0.2, 0) is 10.0 Å². The molecule has 0 radical (unpaired) electrons. The monoisotopic (exact) mass is 359 g/mol. The van der Waals surface area contributed by atoms with Crippen molar-refractivity contribution in [1.29, 1.82) is 0 Å². The molecule has 108 valence electrons. The van der Waals surface area contributed by atoms with E-state index in [1.54, 1.807) is 0 Å². The first-order valence-corrected chi connectivity index (χ1v) is 8.04. The lowest BCUT2D eigenvalue weighted by atomic mass is 10.2. The third-order valence-electron chi connectivity index (χ3n) is 2.54. The molecule has 0 aliphatic rings. The topological polar surface area (TPSA) is 74.7 Å². The van der Waals surface area contributed by atoms with Crippen LogP contribution in [-0.4, -0.2) is 36.9 Å². The number of nitrogens with zero attached hydrogens (tertiary/aromatic N) is 1. The van der Waals surface area contributed by atoms with Crippen molar-refractivity contribution >= 4 is 31.9 Å². The van der Waals surface area contributed by atoms with Gasteiger partial charge < -0.3 is 5.11 Å². The first kappa shape index (κ1) is 16.7. The van der Waals surface area contributed by atoms with Gasteiger partial charge in [-0.05, 0) is 40.5 Å². The number of carbonyl (C=O) groups is 1. The van der Waals surface area contributed by atoms with Crippen LogP contribution in [0.1, 0.15) is 23.7 Å². The zero-order valence-corrected chi connectivity index (χ0v) is 13.2. The third kappa shape index (κ3) is 3.60. The highest BCUT2D eigenvalue weighted by Gasteiger charge is 2.26. The lowest BCUT2D eigenvalue weighted by Gasteiger charge is -2.20. The third-order valence-corrected chi connectivity index (χ3v) is 5.38. The standard InChI is InChI=1S/C13H14BrNO4S/c1-3-7-15(8-4-2)20(18,19)12-9-10(13(16)17)5-6-11(12)14/h1,5-6,9H,4,7-8H2,2H3,(H,16,17). The lowest BCUT2D eigenvalue weighted by Crippen LogP contribution is -2.32. The molecule has 5 nitrogen and oxygen atoms in total. The van der Waals surface area contributed by atoms with Gasteiger partial charge >= 0.3 is 5.97 Å². The predicted octanol–water partition coefficient (Wildman–Crippen LogP) is 2.18. The van der Waals surface area contributed by atoms with Gasteiger partial charge in [-0.2, -0.15) is 4.31 Å². The molecule has 1 aromatic carbocycles. The average Bonchev–Trinajstić information content (AvgIpc) is 2.38. The molecule has 1 rings (SSSR count). The second kappa shape index (κ2) is 6.88. The van der Waals surface area contributed by atoms with E-state index in [-0.39, 0.29) is 23.5 Å². The fraction of sp³-hybridized carbons (Fsp3) is 0.308.